The number of aromatic nitrogens is 4. The molecule has 5 rings (SSSR count). The summed E-state index contributed by atoms with van der Waals surface area (Å²) in [4.78, 5) is 25.3. The van der Waals surface area contributed by atoms with Crippen molar-refractivity contribution in [2.45, 2.75) is 26.8 Å². The number of aromatic amines is 1. The fraction of sp³-hybridized carbons (Fsp3) is 0.154. The van der Waals surface area contributed by atoms with Gasteiger partial charge in [0.1, 0.15) is 5.69 Å². The number of carbonyl (C=O) groups is 2. The van der Waals surface area contributed by atoms with Crippen molar-refractivity contribution in [2.75, 3.05) is 16.0 Å². The molecule has 0 radical (unpaired) electrons. The highest BCUT2D eigenvalue weighted by atomic mass is 16.2. The number of amides is 2. The van der Waals surface area contributed by atoms with Crippen LogP contribution in [0.25, 0.3) is 5.57 Å². The molecule has 0 saturated carbocycles. The van der Waals surface area contributed by atoms with Crippen LogP contribution in [0.1, 0.15) is 39.8 Å². The van der Waals surface area contributed by atoms with Gasteiger partial charge in [0.15, 0.2) is 5.82 Å². The van der Waals surface area contributed by atoms with Crippen LogP contribution in [0.2, 0.25) is 0 Å². The average Bonchev–Trinajstić information content (AvgIpc) is 3.56. The molecule has 1 aliphatic rings. The standard InChI is InChI=1S/C26H25N7O2/c1-3-33-23(11-16(2)32-33)26(35)29-19-6-4-5-17(13-19)12-18-7-8-22-20(14-18)21(25(34)30-22)15-27-24-9-10-28-31-24/h4-11,13-15H,3,12H2,1-2H3,(H,29,35)(H,30,34)(H2,27,28,31)/b21-15-. The van der Waals surface area contributed by atoms with Crippen molar-refractivity contribution < 1.29 is 9.59 Å². The van der Waals surface area contributed by atoms with Gasteiger partial charge < -0.3 is 16.0 Å². The van der Waals surface area contributed by atoms with Crippen LogP contribution in [0.15, 0.2) is 67.0 Å². The summed E-state index contributed by atoms with van der Waals surface area (Å²) in [6, 6.07) is 17.3. The largest absolute Gasteiger partial charge is 0.344 e. The molecular formula is C26H25N7O2. The first-order valence-electron chi connectivity index (χ1n) is 11.4. The van der Waals surface area contributed by atoms with Gasteiger partial charge in [-0.2, -0.15) is 10.2 Å². The summed E-state index contributed by atoms with van der Waals surface area (Å²) in [6.45, 7) is 4.45. The maximum Gasteiger partial charge on any atom is 0.273 e. The monoisotopic (exact) mass is 467 g/mol. The van der Waals surface area contributed by atoms with Gasteiger partial charge in [0.25, 0.3) is 11.8 Å². The van der Waals surface area contributed by atoms with E-state index in [0.29, 0.717) is 30.1 Å². The van der Waals surface area contributed by atoms with E-state index >= 15 is 0 Å². The minimum absolute atomic E-state index is 0.161. The van der Waals surface area contributed by atoms with Crippen molar-refractivity contribution in [3.8, 4) is 0 Å². The summed E-state index contributed by atoms with van der Waals surface area (Å²) >= 11 is 0. The predicted octanol–water partition coefficient (Wildman–Crippen LogP) is 4.18. The van der Waals surface area contributed by atoms with E-state index in [0.717, 1.165) is 33.8 Å². The first-order chi connectivity index (χ1) is 17.0. The van der Waals surface area contributed by atoms with Gasteiger partial charge in [-0.25, -0.2) is 0 Å². The van der Waals surface area contributed by atoms with E-state index in [1.165, 1.54) is 0 Å². The Morgan fingerprint density at radius 1 is 1.11 bits per heavy atom. The van der Waals surface area contributed by atoms with Crippen LogP contribution in [0.4, 0.5) is 17.2 Å². The summed E-state index contributed by atoms with van der Waals surface area (Å²) in [6.07, 6.45) is 4.02. The third-order valence-corrected chi connectivity index (χ3v) is 5.76. The number of hydrogen-bond donors (Lipinski definition) is 4. The second kappa shape index (κ2) is 9.30. The number of benzene rings is 2. The SMILES string of the molecule is CCn1nc(C)cc1C(=O)Nc1cccc(Cc2ccc3c(c2)/C(=C/Nc2cc[nH]n2)C(=O)N3)c1. The molecule has 0 bridgehead atoms. The fourth-order valence-corrected chi connectivity index (χ4v) is 4.13. The first kappa shape index (κ1) is 22.1. The van der Waals surface area contributed by atoms with Gasteiger partial charge in [0.2, 0.25) is 0 Å². The zero-order chi connectivity index (χ0) is 24.4. The number of aryl methyl sites for hydroxylation is 2. The molecule has 2 aromatic carbocycles. The Morgan fingerprint density at radius 3 is 2.77 bits per heavy atom. The molecule has 9 nitrogen and oxygen atoms in total. The number of fused-ring (bicyclic) bond motifs is 1. The van der Waals surface area contributed by atoms with Gasteiger partial charge in [0.05, 0.1) is 11.3 Å². The number of carbonyl (C=O) groups excluding carboxylic acids is 2. The third-order valence-electron chi connectivity index (χ3n) is 5.76. The Morgan fingerprint density at radius 2 is 1.97 bits per heavy atom. The molecule has 0 saturated heterocycles. The number of nitrogens with one attached hydrogen (secondary N) is 4. The van der Waals surface area contributed by atoms with Crippen LogP contribution in [0.3, 0.4) is 0 Å². The smallest absolute Gasteiger partial charge is 0.273 e. The highest BCUT2D eigenvalue weighted by Crippen LogP contribution is 2.33. The molecule has 9 heteroatoms. The highest BCUT2D eigenvalue weighted by molar-refractivity contribution is 6.31. The molecule has 35 heavy (non-hydrogen) atoms. The third kappa shape index (κ3) is 4.70. The lowest BCUT2D eigenvalue weighted by Crippen LogP contribution is -2.17. The topological polar surface area (TPSA) is 117 Å². The Kier molecular flexibility index (Phi) is 5.88. The molecule has 0 atom stereocenters. The molecule has 1 aliphatic heterocycles. The molecule has 2 amide bonds. The van der Waals surface area contributed by atoms with E-state index in [2.05, 4.69) is 31.2 Å². The second-order valence-electron chi connectivity index (χ2n) is 8.31. The molecular weight excluding hydrogens is 442 g/mol. The molecule has 0 aliphatic carbocycles. The Hall–Kier alpha value is -4.66. The number of hydrogen-bond acceptors (Lipinski definition) is 5. The lowest BCUT2D eigenvalue weighted by Gasteiger charge is -2.09. The van der Waals surface area contributed by atoms with Gasteiger partial charge >= 0.3 is 0 Å². The maximum absolute atomic E-state index is 12.8. The van der Waals surface area contributed by atoms with E-state index < -0.39 is 0 Å². The number of nitrogens with zero attached hydrogens (tertiary/aromatic N) is 3. The predicted molar refractivity (Wildman–Crippen MR) is 135 cm³/mol. The van der Waals surface area contributed by atoms with Gasteiger partial charge in [-0.3, -0.25) is 19.4 Å². The fourth-order valence-electron chi connectivity index (χ4n) is 4.13. The quantitative estimate of drug-likeness (QED) is 0.304. The first-order valence-corrected chi connectivity index (χ1v) is 11.4. The molecule has 0 unspecified atom stereocenters. The maximum atomic E-state index is 12.8. The summed E-state index contributed by atoms with van der Waals surface area (Å²) in [5.74, 6) is 0.281. The minimum Gasteiger partial charge on any atom is -0.344 e. The van der Waals surface area contributed by atoms with Gasteiger partial charge in [-0.05, 0) is 61.7 Å². The summed E-state index contributed by atoms with van der Waals surface area (Å²) in [5.41, 5.74) is 6.32. The lowest BCUT2D eigenvalue weighted by molar-refractivity contribution is -0.110. The summed E-state index contributed by atoms with van der Waals surface area (Å²) in [7, 11) is 0. The second-order valence-corrected chi connectivity index (χ2v) is 8.31. The normalized spacial score (nSPS) is 13.5. The highest BCUT2D eigenvalue weighted by Gasteiger charge is 2.24. The molecule has 4 N–H and O–H groups in total. The van der Waals surface area contributed by atoms with Crippen LogP contribution < -0.4 is 16.0 Å². The molecule has 0 fully saturated rings. The number of anilines is 3. The van der Waals surface area contributed by atoms with Crippen molar-refractivity contribution in [3.63, 3.8) is 0 Å². The Balaban J connectivity index is 1.33. The van der Waals surface area contributed by atoms with Gasteiger partial charge in [-0.15, -0.1) is 0 Å². The van der Waals surface area contributed by atoms with Crippen molar-refractivity contribution >= 4 is 34.6 Å². The van der Waals surface area contributed by atoms with Crippen LogP contribution >= 0.6 is 0 Å². The van der Waals surface area contributed by atoms with E-state index in [9.17, 15) is 9.59 Å². The summed E-state index contributed by atoms with van der Waals surface area (Å²) < 4.78 is 1.69. The van der Waals surface area contributed by atoms with Crippen molar-refractivity contribution in [3.05, 3.63) is 95.1 Å². The van der Waals surface area contributed by atoms with Gasteiger partial charge in [0, 0.05) is 41.9 Å². The van der Waals surface area contributed by atoms with Crippen molar-refractivity contribution in [1.29, 1.82) is 0 Å². The molecule has 4 aromatic rings. The number of H-pyrrole nitrogens is 1. The minimum atomic E-state index is -0.189. The van der Waals surface area contributed by atoms with Gasteiger partial charge in [-0.1, -0.05) is 18.2 Å². The Labute approximate surface area is 202 Å². The molecule has 2 aromatic heterocycles. The van der Waals surface area contributed by atoms with E-state index in [1.807, 2.05) is 56.3 Å². The molecule has 0 spiro atoms. The van der Waals surface area contributed by atoms with E-state index in [1.54, 1.807) is 29.2 Å². The van der Waals surface area contributed by atoms with E-state index in [-0.39, 0.29) is 11.8 Å². The van der Waals surface area contributed by atoms with Crippen LogP contribution in [-0.2, 0) is 17.8 Å². The molecule has 176 valence electrons. The Bertz CT molecular complexity index is 1430. The number of rotatable bonds is 7. The van der Waals surface area contributed by atoms with E-state index in [4.69, 9.17) is 0 Å². The average molecular weight is 468 g/mol. The van der Waals surface area contributed by atoms with Crippen LogP contribution in [0.5, 0.6) is 0 Å². The zero-order valence-electron chi connectivity index (χ0n) is 19.4. The zero-order valence-corrected chi connectivity index (χ0v) is 19.4. The van der Waals surface area contributed by atoms with Crippen LogP contribution in [-0.4, -0.2) is 31.8 Å². The van der Waals surface area contributed by atoms with Crippen molar-refractivity contribution in [1.82, 2.24) is 20.0 Å². The van der Waals surface area contributed by atoms with Crippen molar-refractivity contribution in [2.24, 2.45) is 0 Å². The summed E-state index contributed by atoms with van der Waals surface area (Å²) in [5, 5.41) is 20.0. The van der Waals surface area contributed by atoms with Crippen LogP contribution in [0, 0.1) is 6.92 Å². The lowest BCUT2D eigenvalue weighted by atomic mass is 9.99. The molecule has 3 heterocycles.